The summed E-state index contributed by atoms with van der Waals surface area (Å²) in [6.45, 7) is 2.69. The Bertz CT molecular complexity index is 1280. The molecule has 9 nitrogen and oxygen atoms in total. The van der Waals surface area contributed by atoms with Gasteiger partial charge in [-0.2, -0.15) is 0 Å². The molecule has 0 spiro atoms. The molecule has 3 aromatic rings. The van der Waals surface area contributed by atoms with Crippen molar-refractivity contribution >= 4 is 29.3 Å². The summed E-state index contributed by atoms with van der Waals surface area (Å²) in [5.74, 6) is 0.0222. The van der Waals surface area contributed by atoms with E-state index in [2.05, 4.69) is 15.8 Å². The number of nitrogens with zero attached hydrogens (tertiary/aromatic N) is 2. The average Bonchev–Trinajstić information content (AvgIpc) is 3.39. The van der Waals surface area contributed by atoms with Crippen molar-refractivity contribution in [2.24, 2.45) is 0 Å². The first kappa shape index (κ1) is 28.2. The lowest BCUT2D eigenvalue weighted by Gasteiger charge is -2.24. The van der Waals surface area contributed by atoms with Gasteiger partial charge >= 0.3 is 0 Å². The van der Waals surface area contributed by atoms with Crippen LogP contribution in [0.5, 0.6) is 5.75 Å². The summed E-state index contributed by atoms with van der Waals surface area (Å²) in [4.78, 5) is 40.9. The van der Waals surface area contributed by atoms with Crippen molar-refractivity contribution in [3.05, 3.63) is 82.2 Å². The molecule has 2 heterocycles. The van der Waals surface area contributed by atoms with Crippen LogP contribution in [0.25, 0.3) is 0 Å². The van der Waals surface area contributed by atoms with Gasteiger partial charge in [-0.3, -0.25) is 14.4 Å². The van der Waals surface area contributed by atoms with Gasteiger partial charge in [0.1, 0.15) is 18.1 Å². The van der Waals surface area contributed by atoms with Crippen molar-refractivity contribution in [2.75, 3.05) is 26.2 Å². The molecule has 1 aromatic heterocycles. The van der Waals surface area contributed by atoms with E-state index in [0.717, 1.165) is 12.0 Å². The summed E-state index contributed by atoms with van der Waals surface area (Å²) < 4.78 is 11.3. The van der Waals surface area contributed by atoms with E-state index in [4.69, 9.17) is 20.9 Å². The van der Waals surface area contributed by atoms with Gasteiger partial charge in [0.15, 0.2) is 5.69 Å². The van der Waals surface area contributed by atoms with Crippen LogP contribution in [0.15, 0.2) is 59.1 Å². The lowest BCUT2D eigenvalue weighted by Crippen LogP contribution is -2.47. The van der Waals surface area contributed by atoms with Crippen molar-refractivity contribution in [1.29, 1.82) is 0 Å². The number of rotatable bonds is 5. The molecule has 0 fully saturated rings. The zero-order valence-corrected chi connectivity index (χ0v) is 22.7. The van der Waals surface area contributed by atoms with E-state index in [1.54, 1.807) is 24.3 Å². The van der Waals surface area contributed by atoms with Gasteiger partial charge in [-0.15, -0.1) is 0 Å². The zero-order valence-electron chi connectivity index (χ0n) is 22.0. The fourth-order valence-corrected chi connectivity index (χ4v) is 4.58. The second-order valence-corrected chi connectivity index (χ2v) is 9.96. The number of aromatic nitrogens is 1. The summed E-state index contributed by atoms with van der Waals surface area (Å²) in [6.07, 6.45) is 3.21. The molecule has 4 rings (SSSR count). The SMILES string of the molecule is CCCc1cc(C(=O)N2CCCCNC(=O)c3cc(Cl)ccc3OC[C@H](Cc3ccccc3)NC(=O)C2)no1. The van der Waals surface area contributed by atoms with E-state index in [1.165, 1.54) is 4.90 Å². The predicted octanol–water partition coefficient (Wildman–Crippen LogP) is 4.05. The van der Waals surface area contributed by atoms with E-state index >= 15 is 0 Å². The zero-order chi connectivity index (χ0) is 27.6. The van der Waals surface area contributed by atoms with Crippen LogP contribution in [0, 0.1) is 0 Å². The largest absolute Gasteiger partial charge is 0.491 e. The van der Waals surface area contributed by atoms with E-state index in [9.17, 15) is 14.4 Å². The summed E-state index contributed by atoms with van der Waals surface area (Å²) in [7, 11) is 0. The maximum Gasteiger partial charge on any atom is 0.276 e. The number of nitrogens with one attached hydrogen (secondary N) is 2. The van der Waals surface area contributed by atoms with Crippen molar-refractivity contribution in [3.8, 4) is 5.75 Å². The highest BCUT2D eigenvalue weighted by molar-refractivity contribution is 6.31. The minimum absolute atomic E-state index is 0.111. The molecule has 0 unspecified atom stereocenters. The van der Waals surface area contributed by atoms with Crippen LogP contribution in [0.4, 0.5) is 0 Å². The number of amides is 3. The van der Waals surface area contributed by atoms with Gasteiger partial charge < -0.3 is 24.8 Å². The second kappa shape index (κ2) is 13.8. The number of fused-ring (bicyclic) bond motifs is 1. The summed E-state index contributed by atoms with van der Waals surface area (Å²) in [5, 5.41) is 10.3. The first-order valence-electron chi connectivity index (χ1n) is 13.2. The Morgan fingerprint density at radius 1 is 1.13 bits per heavy atom. The highest BCUT2D eigenvalue weighted by Crippen LogP contribution is 2.23. The molecule has 2 aromatic carbocycles. The fraction of sp³-hybridized carbons (Fsp3) is 0.379. The van der Waals surface area contributed by atoms with Crippen LogP contribution >= 0.6 is 11.6 Å². The van der Waals surface area contributed by atoms with E-state index in [0.29, 0.717) is 60.9 Å². The lowest BCUT2D eigenvalue weighted by molar-refractivity contribution is -0.122. The smallest absolute Gasteiger partial charge is 0.276 e. The van der Waals surface area contributed by atoms with Gasteiger partial charge in [0, 0.05) is 30.6 Å². The van der Waals surface area contributed by atoms with E-state index in [1.807, 2.05) is 37.3 Å². The third kappa shape index (κ3) is 8.07. The molecule has 0 aliphatic carbocycles. The number of carbonyl (C=O) groups is 3. The molecule has 0 saturated carbocycles. The van der Waals surface area contributed by atoms with Crippen molar-refractivity contribution in [1.82, 2.24) is 20.7 Å². The molecule has 39 heavy (non-hydrogen) atoms. The normalized spacial score (nSPS) is 17.2. The Labute approximate surface area is 232 Å². The fourth-order valence-electron chi connectivity index (χ4n) is 4.41. The Hall–Kier alpha value is -3.85. The first-order chi connectivity index (χ1) is 18.9. The van der Waals surface area contributed by atoms with Gasteiger partial charge in [0.2, 0.25) is 5.91 Å². The molecule has 0 bridgehead atoms. The van der Waals surface area contributed by atoms with Crippen LogP contribution in [0.2, 0.25) is 5.02 Å². The molecule has 1 aliphatic rings. The monoisotopic (exact) mass is 552 g/mol. The third-order valence-electron chi connectivity index (χ3n) is 6.35. The molecular formula is C29H33ClN4O5. The average molecular weight is 553 g/mol. The summed E-state index contributed by atoms with van der Waals surface area (Å²) in [6, 6.07) is 15.8. The number of hydrogen-bond acceptors (Lipinski definition) is 6. The molecule has 1 atom stereocenters. The maximum absolute atomic E-state index is 13.3. The molecule has 0 saturated heterocycles. The van der Waals surface area contributed by atoms with Gasteiger partial charge in [-0.25, -0.2) is 0 Å². The summed E-state index contributed by atoms with van der Waals surface area (Å²) >= 11 is 6.17. The molecule has 1 aliphatic heterocycles. The van der Waals surface area contributed by atoms with Crippen LogP contribution in [-0.4, -0.2) is 60.1 Å². The lowest BCUT2D eigenvalue weighted by atomic mass is 10.1. The number of ether oxygens (including phenoxy) is 1. The van der Waals surface area contributed by atoms with Crippen molar-refractivity contribution < 1.29 is 23.6 Å². The van der Waals surface area contributed by atoms with Gasteiger partial charge in [0.05, 0.1) is 18.2 Å². The topological polar surface area (TPSA) is 114 Å². The quantitative estimate of drug-likeness (QED) is 0.493. The number of carbonyl (C=O) groups excluding carboxylic acids is 3. The standard InChI is InChI=1S/C29H33ClN4O5/c1-2-8-23-17-25(33-39-23)29(37)34-14-7-6-13-31-28(36)24-16-21(30)11-12-26(24)38-19-22(32-27(35)18-34)15-20-9-4-3-5-10-20/h3-5,9-12,16-17,22H,2,6-8,13-15,18-19H2,1H3,(H,31,36)(H,32,35)/t22-/m0/s1. The number of benzene rings is 2. The molecule has 206 valence electrons. The minimum Gasteiger partial charge on any atom is -0.491 e. The predicted molar refractivity (Wildman–Crippen MR) is 147 cm³/mol. The Morgan fingerprint density at radius 2 is 1.95 bits per heavy atom. The van der Waals surface area contributed by atoms with Gasteiger partial charge in [-0.05, 0) is 49.4 Å². The van der Waals surface area contributed by atoms with Crippen LogP contribution in [0.3, 0.4) is 0 Å². The molecule has 10 heteroatoms. The first-order valence-corrected chi connectivity index (χ1v) is 13.6. The van der Waals surface area contributed by atoms with Crippen molar-refractivity contribution in [3.63, 3.8) is 0 Å². The van der Waals surface area contributed by atoms with E-state index in [-0.39, 0.29) is 36.6 Å². The third-order valence-corrected chi connectivity index (χ3v) is 6.59. The van der Waals surface area contributed by atoms with Crippen LogP contribution in [-0.2, 0) is 17.6 Å². The molecule has 3 amide bonds. The maximum atomic E-state index is 13.3. The van der Waals surface area contributed by atoms with Crippen molar-refractivity contribution in [2.45, 2.75) is 45.1 Å². The molecule has 0 radical (unpaired) electrons. The number of aryl methyl sites for hydroxylation is 1. The Balaban J connectivity index is 1.56. The minimum atomic E-state index is -0.420. The second-order valence-electron chi connectivity index (χ2n) is 9.52. The van der Waals surface area contributed by atoms with Gasteiger partial charge in [0.25, 0.3) is 11.8 Å². The molecule has 2 N–H and O–H groups in total. The van der Waals surface area contributed by atoms with Crippen LogP contribution < -0.4 is 15.4 Å². The number of halogens is 1. The van der Waals surface area contributed by atoms with Gasteiger partial charge in [-0.1, -0.05) is 54.0 Å². The summed E-state index contributed by atoms with van der Waals surface area (Å²) in [5.41, 5.74) is 1.51. The van der Waals surface area contributed by atoms with Crippen LogP contribution in [0.1, 0.15) is 58.4 Å². The highest BCUT2D eigenvalue weighted by Gasteiger charge is 2.24. The molecular weight excluding hydrogens is 520 g/mol. The Morgan fingerprint density at radius 3 is 2.74 bits per heavy atom. The van der Waals surface area contributed by atoms with E-state index < -0.39 is 6.04 Å². The highest BCUT2D eigenvalue weighted by atomic mass is 35.5. The number of hydrogen-bond donors (Lipinski definition) is 2. The Kier molecular flexibility index (Phi) is 9.97.